The summed E-state index contributed by atoms with van der Waals surface area (Å²) in [7, 11) is 0. The Balaban J connectivity index is 1.84. The van der Waals surface area contributed by atoms with E-state index in [1.807, 2.05) is 0 Å². The van der Waals surface area contributed by atoms with Gasteiger partial charge in [-0.15, -0.1) is 0 Å². The third-order valence-electron chi connectivity index (χ3n) is 5.03. The molecule has 3 atom stereocenters. The van der Waals surface area contributed by atoms with Crippen molar-refractivity contribution in [1.29, 1.82) is 0 Å². The van der Waals surface area contributed by atoms with Crippen LogP contribution in [0.2, 0.25) is 0 Å². The molecule has 2 fully saturated rings. The third kappa shape index (κ3) is 4.46. The Hall–Kier alpha value is -0.0800. The van der Waals surface area contributed by atoms with Crippen LogP contribution in [0.1, 0.15) is 66.2 Å². The molecule has 2 nitrogen and oxygen atoms in total. The van der Waals surface area contributed by atoms with Gasteiger partial charge in [-0.05, 0) is 51.4 Å². The molecule has 1 heterocycles. The molecule has 2 heteroatoms. The van der Waals surface area contributed by atoms with Gasteiger partial charge in [0.1, 0.15) is 0 Å². The lowest BCUT2D eigenvalue weighted by Gasteiger charge is -2.42. The van der Waals surface area contributed by atoms with Gasteiger partial charge in [-0.1, -0.05) is 26.7 Å². The van der Waals surface area contributed by atoms with E-state index in [4.69, 9.17) is 0 Å². The molecule has 1 saturated carbocycles. The highest BCUT2D eigenvalue weighted by molar-refractivity contribution is 4.90. The van der Waals surface area contributed by atoms with E-state index in [1.54, 1.807) is 0 Å². The van der Waals surface area contributed by atoms with Crippen LogP contribution in [0.3, 0.4) is 0 Å². The van der Waals surface area contributed by atoms with Crippen LogP contribution >= 0.6 is 0 Å². The second kappa shape index (κ2) is 7.08. The average Bonchev–Trinajstić information content (AvgIpc) is 2.37. The average molecular weight is 266 g/mol. The summed E-state index contributed by atoms with van der Waals surface area (Å²) in [6, 6.07) is 2.24. The van der Waals surface area contributed by atoms with Crippen molar-refractivity contribution in [2.45, 2.75) is 84.3 Å². The molecule has 0 radical (unpaired) electrons. The van der Waals surface area contributed by atoms with E-state index >= 15 is 0 Å². The highest BCUT2D eigenvalue weighted by atomic mass is 15.2. The molecule has 0 aromatic rings. The summed E-state index contributed by atoms with van der Waals surface area (Å²) in [5, 5.41) is 3.97. The first kappa shape index (κ1) is 15.3. The van der Waals surface area contributed by atoms with E-state index in [-0.39, 0.29) is 0 Å². The van der Waals surface area contributed by atoms with Gasteiger partial charge in [-0.2, -0.15) is 0 Å². The quantitative estimate of drug-likeness (QED) is 0.817. The fraction of sp³-hybridized carbons (Fsp3) is 1.00. The van der Waals surface area contributed by atoms with Gasteiger partial charge in [0.25, 0.3) is 0 Å². The van der Waals surface area contributed by atoms with Gasteiger partial charge in [-0.3, -0.25) is 4.90 Å². The molecule has 19 heavy (non-hydrogen) atoms. The second-order valence-electron chi connectivity index (χ2n) is 7.53. The molecule has 0 aromatic heterocycles. The second-order valence-corrected chi connectivity index (χ2v) is 7.53. The Morgan fingerprint density at radius 1 is 1.00 bits per heavy atom. The smallest absolute Gasteiger partial charge is 0.0197 e. The van der Waals surface area contributed by atoms with E-state index in [9.17, 15) is 0 Å². The van der Waals surface area contributed by atoms with E-state index in [1.165, 1.54) is 51.6 Å². The van der Waals surface area contributed by atoms with Crippen LogP contribution in [0.25, 0.3) is 0 Å². The first-order chi connectivity index (χ1) is 9.06. The summed E-state index contributed by atoms with van der Waals surface area (Å²) in [4.78, 5) is 2.67. The maximum Gasteiger partial charge on any atom is 0.0197 e. The summed E-state index contributed by atoms with van der Waals surface area (Å²) < 4.78 is 0. The molecule has 2 aliphatic rings. The van der Waals surface area contributed by atoms with Gasteiger partial charge in [-0.25, -0.2) is 0 Å². The van der Waals surface area contributed by atoms with E-state index in [0.717, 1.165) is 23.9 Å². The first-order valence-corrected chi connectivity index (χ1v) is 8.56. The van der Waals surface area contributed by atoms with Crippen molar-refractivity contribution in [1.82, 2.24) is 10.2 Å². The molecule has 3 unspecified atom stereocenters. The number of piperidine rings is 1. The molecular formula is C17H34N2. The molecule has 1 aliphatic carbocycles. The van der Waals surface area contributed by atoms with Crippen LogP contribution in [0.4, 0.5) is 0 Å². The van der Waals surface area contributed by atoms with Gasteiger partial charge in [0.15, 0.2) is 0 Å². The summed E-state index contributed by atoms with van der Waals surface area (Å²) in [5.41, 5.74) is 0. The maximum atomic E-state index is 3.97. The van der Waals surface area contributed by atoms with Crippen LogP contribution in [0.5, 0.6) is 0 Å². The van der Waals surface area contributed by atoms with Crippen molar-refractivity contribution in [3.05, 3.63) is 0 Å². The highest BCUT2D eigenvalue weighted by Crippen LogP contribution is 2.32. The Kier molecular flexibility index (Phi) is 5.70. The van der Waals surface area contributed by atoms with Crippen molar-refractivity contribution >= 4 is 0 Å². The van der Waals surface area contributed by atoms with Crippen molar-refractivity contribution in [3.8, 4) is 0 Å². The fourth-order valence-corrected chi connectivity index (χ4v) is 3.97. The molecule has 1 aliphatic heterocycles. The van der Waals surface area contributed by atoms with Crippen molar-refractivity contribution in [2.75, 3.05) is 13.1 Å². The van der Waals surface area contributed by atoms with E-state index in [0.29, 0.717) is 6.04 Å². The van der Waals surface area contributed by atoms with Crippen LogP contribution in [-0.4, -0.2) is 36.1 Å². The Labute approximate surface area is 120 Å². The van der Waals surface area contributed by atoms with Gasteiger partial charge in [0.2, 0.25) is 0 Å². The summed E-state index contributed by atoms with van der Waals surface area (Å²) in [6.45, 7) is 11.8. The van der Waals surface area contributed by atoms with Crippen LogP contribution < -0.4 is 5.32 Å². The molecule has 2 rings (SSSR count). The SMILES string of the molecule is CC(C)CN(CC1CCC2CCCCC2N1)C(C)C. The number of hydrogen-bond acceptors (Lipinski definition) is 2. The fourth-order valence-electron chi connectivity index (χ4n) is 3.97. The minimum absolute atomic E-state index is 0.674. The maximum absolute atomic E-state index is 3.97. The molecule has 112 valence electrons. The van der Waals surface area contributed by atoms with Crippen molar-refractivity contribution in [2.24, 2.45) is 11.8 Å². The topological polar surface area (TPSA) is 15.3 Å². The van der Waals surface area contributed by atoms with Gasteiger partial charge >= 0.3 is 0 Å². The molecule has 0 amide bonds. The lowest BCUT2D eigenvalue weighted by atomic mass is 9.77. The highest BCUT2D eigenvalue weighted by Gasteiger charge is 2.32. The largest absolute Gasteiger partial charge is 0.310 e. The summed E-state index contributed by atoms with van der Waals surface area (Å²) >= 11 is 0. The lowest BCUT2D eigenvalue weighted by Crippen LogP contribution is -2.54. The predicted octanol–water partition coefficient (Wildman–Crippen LogP) is 3.66. The zero-order valence-electron chi connectivity index (χ0n) is 13.5. The van der Waals surface area contributed by atoms with Crippen molar-refractivity contribution in [3.63, 3.8) is 0 Å². The Morgan fingerprint density at radius 3 is 2.42 bits per heavy atom. The van der Waals surface area contributed by atoms with E-state index in [2.05, 4.69) is 37.9 Å². The molecule has 0 bridgehead atoms. The number of nitrogens with zero attached hydrogens (tertiary/aromatic N) is 1. The Bertz CT molecular complexity index is 262. The summed E-state index contributed by atoms with van der Waals surface area (Å²) in [5.74, 6) is 1.76. The number of fused-ring (bicyclic) bond motifs is 1. The number of nitrogens with one attached hydrogen (secondary N) is 1. The monoisotopic (exact) mass is 266 g/mol. The van der Waals surface area contributed by atoms with Crippen LogP contribution in [0.15, 0.2) is 0 Å². The number of rotatable bonds is 5. The third-order valence-corrected chi connectivity index (χ3v) is 5.03. The van der Waals surface area contributed by atoms with E-state index < -0.39 is 0 Å². The number of hydrogen-bond donors (Lipinski definition) is 1. The summed E-state index contributed by atoms with van der Waals surface area (Å²) in [6.07, 6.45) is 8.68. The van der Waals surface area contributed by atoms with Gasteiger partial charge in [0, 0.05) is 31.2 Å². The zero-order chi connectivity index (χ0) is 13.8. The zero-order valence-corrected chi connectivity index (χ0v) is 13.5. The molecule has 1 N–H and O–H groups in total. The Morgan fingerprint density at radius 2 is 1.74 bits per heavy atom. The minimum Gasteiger partial charge on any atom is -0.310 e. The molecule has 0 spiro atoms. The molecular weight excluding hydrogens is 232 g/mol. The predicted molar refractivity (Wildman–Crippen MR) is 83.5 cm³/mol. The molecule has 0 aromatic carbocycles. The van der Waals surface area contributed by atoms with Crippen molar-refractivity contribution < 1.29 is 0 Å². The normalized spacial score (nSPS) is 32.1. The standard InChI is InChI=1S/C17H34N2/c1-13(2)11-19(14(3)4)12-16-10-9-15-7-5-6-8-17(15)18-16/h13-18H,5-12H2,1-4H3. The lowest BCUT2D eigenvalue weighted by molar-refractivity contribution is 0.122. The minimum atomic E-state index is 0.674. The first-order valence-electron chi connectivity index (χ1n) is 8.56. The van der Waals surface area contributed by atoms with Gasteiger partial charge in [0.05, 0.1) is 0 Å². The van der Waals surface area contributed by atoms with Crippen LogP contribution in [0, 0.1) is 11.8 Å². The van der Waals surface area contributed by atoms with Crippen LogP contribution in [-0.2, 0) is 0 Å². The molecule has 1 saturated heterocycles. The van der Waals surface area contributed by atoms with Gasteiger partial charge < -0.3 is 5.32 Å².